The lowest BCUT2D eigenvalue weighted by Gasteiger charge is -2.05. The molecule has 0 N–H and O–H groups in total. The van der Waals surface area contributed by atoms with E-state index in [4.69, 9.17) is 11.7 Å². The van der Waals surface area contributed by atoms with Crippen molar-refractivity contribution in [2.45, 2.75) is 0 Å². The number of pyridine rings is 1. The summed E-state index contributed by atoms with van der Waals surface area (Å²) in [5, 5.41) is 19.3. The Morgan fingerprint density at radius 1 is 1.40 bits per heavy atom. The van der Waals surface area contributed by atoms with Gasteiger partial charge in [-0.25, -0.2) is 9.37 Å². The van der Waals surface area contributed by atoms with Crippen LogP contribution in [-0.4, -0.2) is 9.91 Å². The van der Waals surface area contributed by atoms with Crippen LogP contribution in [0.3, 0.4) is 0 Å². The molecule has 0 aliphatic carbocycles. The standard InChI is InChI=1S/C14H6FN3O2/c1-2-10-6-11(18(19)20)8-17-14(10)12-4-3-9(7-16)5-13(12)15/h1,3-6,8H. The van der Waals surface area contributed by atoms with Gasteiger partial charge in [-0.2, -0.15) is 5.26 Å². The second-order valence-corrected chi connectivity index (χ2v) is 3.80. The fourth-order valence-corrected chi connectivity index (χ4v) is 1.65. The smallest absolute Gasteiger partial charge is 0.258 e. The van der Waals surface area contributed by atoms with Gasteiger partial charge in [-0.3, -0.25) is 10.1 Å². The zero-order valence-electron chi connectivity index (χ0n) is 10.0. The molecule has 1 aromatic heterocycles. The highest BCUT2D eigenvalue weighted by molar-refractivity contribution is 5.69. The molecule has 5 nitrogen and oxygen atoms in total. The quantitative estimate of drug-likeness (QED) is 0.476. The second-order valence-electron chi connectivity index (χ2n) is 3.80. The molecule has 0 saturated heterocycles. The van der Waals surface area contributed by atoms with Gasteiger partial charge in [0.05, 0.1) is 27.8 Å². The van der Waals surface area contributed by atoms with Crippen molar-refractivity contribution < 1.29 is 9.31 Å². The molecule has 1 aromatic carbocycles. The zero-order chi connectivity index (χ0) is 14.7. The van der Waals surface area contributed by atoms with Crippen molar-refractivity contribution in [1.29, 1.82) is 5.26 Å². The van der Waals surface area contributed by atoms with Crippen LogP contribution >= 0.6 is 0 Å². The number of nitriles is 1. The lowest BCUT2D eigenvalue weighted by atomic mass is 10.0. The molecular formula is C14H6FN3O2. The normalized spacial score (nSPS) is 9.55. The molecule has 2 aromatic rings. The van der Waals surface area contributed by atoms with E-state index in [1.54, 1.807) is 0 Å². The van der Waals surface area contributed by atoms with E-state index in [0.29, 0.717) is 0 Å². The van der Waals surface area contributed by atoms with Gasteiger partial charge < -0.3 is 0 Å². The van der Waals surface area contributed by atoms with Crippen molar-refractivity contribution in [2.75, 3.05) is 0 Å². The minimum atomic E-state index is -0.665. The Morgan fingerprint density at radius 3 is 2.70 bits per heavy atom. The van der Waals surface area contributed by atoms with E-state index < -0.39 is 10.7 Å². The van der Waals surface area contributed by atoms with Crippen molar-refractivity contribution >= 4 is 5.69 Å². The van der Waals surface area contributed by atoms with Crippen LogP contribution in [0.5, 0.6) is 0 Å². The molecule has 2 rings (SSSR count). The summed E-state index contributed by atoms with van der Waals surface area (Å²) in [5.74, 6) is 1.58. The van der Waals surface area contributed by atoms with Crippen molar-refractivity contribution in [1.82, 2.24) is 4.98 Å². The first-order valence-corrected chi connectivity index (χ1v) is 5.38. The van der Waals surface area contributed by atoms with Gasteiger partial charge >= 0.3 is 0 Å². The highest BCUT2D eigenvalue weighted by Gasteiger charge is 2.15. The highest BCUT2D eigenvalue weighted by Crippen LogP contribution is 2.27. The molecule has 6 heteroatoms. The fourth-order valence-electron chi connectivity index (χ4n) is 1.65. The maximum atomic E-state index is 13.9. The lowest BCUT2D eigenvalue weighted by molar-refractivity contribution is -0.385. The Balaban J connectivity index is 2.62. The summed E-state index contributed by atoms with van der Waals surface area (Å²) in [6, 6.07) is 6.80. The zero-order valence-corrected chi connectivity index (χ0v) is 10.0. The van der Waals surface area contributed by atoms with Gasteiger partial charge in [-0.1, -0.05) is 5.92 Å². The van der Waals surface area contributed by atoms with Crippen molar-refractivity contribution in [3.8, 4) is 29.7 Å². The van der Waals surface area contributed by atoms with Crippen LogP contribution < -0.4 is 0 Å². The molecule has 20 heavy (non-hydrogen) atoms. The molecule has 0 saturated carbocycles. The number of nitrogens with zero attached hydrogens (tertiary/aromatic N) is 3. The van der Waals surface area contributed by atoms with E-state index in [1.165, 1.54) is 12.1 Å². The van der Waals surface area contributed by atoms with Gasteiger partial charge in [0.25, 0.3) is 5.69 Å². The molecule has 0 bridgehead atoms. The maximum absolute atomic E-state index is 13.9. The molecule has 96 valence electrons. The monoisotopic (exact) mass is 267 g/mol. The molecule has 0 aliphatic rings. The summed E-state index contributed by atoms with van der Waals surface area (Å²) in [6.07, 6.45) is 6.28. The minimum Gasteiger partial charge on any atom is -0.258 e. The summed E-state index contributed by atoms with van der Waals surface area (Å²) >= 11 is 0. The third-order valence-corrected chi connectivity index (χ3v) is 2.59. The van der Waals surface area contributed by atoms with Crippen molar-refractivity contribution in [3.05, 3.63) is 57.5 Å². The Labute approximate surface area is 113 Å². The summed E-state index contributed by atoms with van der Waals surface area (Å²) < 4.78 is 13.9. The van der Waals surface area contributed by atoms with Crippen LogP contribution in [0, 0.1) is 39.6 Å². The van der Waals surface area contributed by atoms with Gasteiger partial charge in [0.15, 0.2) is 0 Å². The summed E-state index contributed by atoms with van der Waals surface area (Å²) in [5.41, 5.74) is 0.223. The van der Waals surface area contributed by atoms with E-state index in [9.17, 15) is 14.5 Å². The first kappa shape index (κ1) is 13.2. The van der Waals surface area contributed by atoms with Crippen molar-refractivity contribution in [3.63, 3.8) is 0 Å². The number of halogens is 1. The van der Waals surface area contributed by atoms with Crippen LogP contribution in [0.15, 0.2) is 30.5 Å². The molecule has 0 aliphatic heterocycles. The van der Waals surface area contributed by atoms with Crippen molar-refractivity contribution in [2.24, 2.45) is 0 Å². The number of rotatable bonds is 2. The minimum absolute atomic E-state index is 0.0897. The predicted octanol–water partition coefficient (Wildman–Crippen LogP) is 2.65. The Hall–Kier alpha value is -3.25. The molecule has 0 atom stereocenters. The molecule has 0 unspecified atom stereocenters. The van der Waals surface area contributed by atoms with Crippen LogP contribution in [0.1, 0.15) is 11.1 Å². The van der Waals surface area contributed by atoms with E-state index >= 15 is 0 Å². The van der Waals surface area contributed by atoms with E-state index in [1.807, 2.05) is 6.07 Å². The average molecular weight is 267 g/mol. The maximum Gasteiger partial charge on any atom is 0.288 e. The number of nitro groups is 1. The summed E-state index contributed by atoms with van der Waals surface area (Å²) in [7, 11) is 0. The van der Waals surface area contributed by atoms with Crippen LogP contribution in [0.2, 0.25) is 0 Å². The molecular weight excluding hydrogens is 261 g/mol. The number of hydrogen-bond donors (Lipinski definition) is 0. The largest absolute Gasteiger partial charge is 0.288 e. The van der Waals surface area contributed by atoms with Gasteiger partial charge in [-0.05, 0) is 18.2 Å². The Bertz CT molecular complexity index is 788. The predicted molar refractivity (Wildman–Crippen MR) is 68.9 cm³/mol. The fraction of sp³-hybridized carbons (Fsp3) is 0. The molecule has 0 radical (unpaired) electrons. The summed E-state index contributed by atoms with van der Waals surface area (Å²) in [6.45, 7) is 0. The third-order valence-electron chi connectivity index (χ3n) is 2.59. The van der Waals surface area contributed by atoms with Gasteiger partial charge in [0.1, 0.15) is 12.0 Å². The van der Waals surface area contributed by atoms with Gasteiger partial charge in [0, 0.05) is 11.6 Å². The average Bonchev–Trinajstić information content (AvgIpc) is 2.46. The van der Waals surface area contributed by atoms with E-state index in [-0.39, 0.29) is 28.1 Å². The Kier molecular flexibility index (Phi) is 3.41. The number of aromatic nitrogens is 1. The number of hydrogen-bond acceptors (Lipinski definition) is 4. The summed E-state index contributed by atoms with van der Waals surface area (Å²) in [4.78, 5) is 13.9. The SMILES string of the molecule is C#Cc1cc([N+](=O)[O-])cnc1-c1ccc(C#N)cc1F. The van der Waals surface area contributed by atoms with Crippen LogP contribution in [0.25, 0.3) is 11.3 Å². The highest BCUT2D eigenvalue weighted by atomic mass is 19.1. The Morgan fingerprint density at radius 2 is 2.15 bits per heavy atom. The molecule has 0 spiro atoms. The first-order chi connectivity index (χ1) is 9.56. The van der Waals surface area contributed by atoms with E-state index in [0.717, 1.165) is 18.3 Å². The second kappa shape index (κ2) is 5.17. The topological polar surface area (TPSA) is 79.8 Å². The van der Waals surface area contributed by atoms with Gasteiger partial charge in [-0.15, -0.1) is 6.42 Å². The van der Waals surface area contributed by atoms with Gasteiger partial charge in [0.2, 0.25) is 0 Å². The molecule has 1 heterocycles. The lowest BCUT2D eigenvalue weighted by Crippen LogP contribution is -1.96. The third kappa shape index (κ3) is 2.31. The van der Waals surface area contributed by atoms with Crippen LogP contribution in [-0.2, 0) is 0 Å². The first-order valence-electron chi connectivity index (χ1n) is 5.38. The van der Waals surface area contributed by atoms with E-state index in [2.05, 4.69) is 10.9 Å². The van der Waals surface area contributed by atoms with Crippen LogP contribution in [0.4, 0.5) is 10.1 Å². The number of terminal acetylenes is 1. The molecule has 0 fully saturated rings. The molecule has 0 amide bonds. The number of benzene rings is 1.